The van der Waals surface area contributed by atoms with E-state index in [1.807, 2.05) is 0 Å². The van der Waals surface area contributed by atoms with Crippen LogP contribution in [0.4, 0.5) is 10.1 Å². The van der Waals surface area contributed by atoms with Crippen molar-refractivity contribution in [3.63, 3.8) is 0 Å². The number of hydrogen-bond acceptors (Lipinski definition) is 3. The Bertz CT molecular complexity index is 691. The minimum absolute atomic E-state index is 0.133. The molecule has 0 aliphatic rings. The molecule has 116 valence electrons. The minimum Gasteiger partial charge on any atom is -0.497 e. The topological polar surface area (TPSA) is 47.6 Å². The van der Waals surface area contributed by atoms with Gasteiger partial charge in [-0.1, -0.05) is 6.07 Å². The van der Waals surface area contributed by atoms with Crippen LogP contribution in [-0.4, -0.2) is 20.1 Å². The van der Waals surface area contributed by atoms with Gasteiger partial charge in [-0.2, -0.15) is 0 Å². The summed E-state index contributed by atoms with van der Waals surface area (Å²) in [5.41, 5.74) is 1.26. The van der Waals surface area contributed by atoms with E-state index in [4.69, 9.17) is 9.47 Å². The molecule has 0 saturated carbocycles. The molecule has 0 aromatic heterocycles. The van der Waals surface area contributed by atoms with Gasteiger partial charge in [0.2, 0.25) is 5.91 Å². The van der Waals surface area contributed by atoms with Crippen molar-refractivity contribution in [3.8, 4) is 11.5 Å². The molecule has 0 aliphatic heterocycles. The Hall–Kier alpha value is -2.08. The zero-order chi connectivity index (χ0) is 16.1. The van der Waals surface area contributed by atoms with E-state index >= 15 is 0 Å². The molecule has 0 fully saturated rings. The normalized spacial score (nSPS) is 10.2. The van der Waals surface area contributed by atoms with Gasteiger partial charge in [0, 0.05) is 6.07 Å². The van der Waals surface area contributed by atoms with E-state index in [-0.39, 0.29) is 18.1 Å². The molecule has 22 heavy (non-hydrogen) atoms. The molecule has 6 heteroatoms. The van der Waals surface area contributed by atoms with Crippen LogP contribution in [0, 0.1) is 5.82 Å². The quantitative estimate of drug-likeness (QED) is 0.874. The second-order valence-electron chi connectivity index (χ2n) is 4.54. The van der Waals surface area contributed by atoms with Crippen LogP contribution in [0.1, 0.15) is 5.56 Å². The van der Waals surface area contributed by atoms with Gasteiger partial charge in [-0.15, -0.1) is 0 Å². The number of methoxy groups -OCH3 is 2. The fourth-order valence-electron chi connectivity index (χ4n) is 1.93. The molecule has 1 amide bonds. The molecule has 4 nitrogen and oxygen atoms in total. The Morgan fingerprint density at radius 3 is 2.59 bits per heavy atom. The number of ether oxygens (including phenoxy) is 2. The van der Waals surface area contributed by atoms with Crippen LogP contribution in [-0.2, 0) is 11.2 Å². The maximum Gasteiger partial charge on any atom is 0.228 e. The lowest BCUT2D eigenvalue weighted by Crippen LogP contribution is -2.15. The van der Waals surface area contributed by atoms with Gasteiger partial charge in [0.25, 0.3) is 0 Å². The zero-order valence-corrected chi connectivity index (χ0v) is 13.7. The molecule has 0 spiro atoms. The van der Waals surface area contributed by atoms with Crippen LogP contribution in [0.2, 0.25) is 0 Å². The summed E-state index contributed by atoms with van der Waals surface area (Å²) in [7, 11) is 3.07. The second-order valence-corrected chi connectivity index (χ2v) is 5.39. The molecule has 0 heterocycles. The molecule has 2 rings (SSSR count). The van der Waals surface area contributed by atoms with Gasteiger partial charge in [-0.25, -0.2) is 4.39 Å². The number of anilines is 1. The molecule has 0 bridgehead atoms. The van der Waals surface area contributed by atoms with Crippen molar-refractivity contribution in [3.05, 3.63) is 52.3 Å². The summed E-state index contributed by atoms with van der Waals surface area (Å²) in [5.74, 6) is 0.563. The Balaban J connectivity index is 2.10. The van der Waals surface area contributed by atoms with E-state index in [2.05, 4.69) is 21.2 Å². The first-order chi connectivity index (χ1) is 10.5. The average Bonchev–Trinajstić information content (AvgIpc) is 2.51. The van der Waals surface area contributed by atoms with Crippen LogP contribution >= 0.6 is 15.9 Å². The lowest BCUT2D eigenvalue weighted by Gasteiger charge is -2.11. The first-order valence-corrected chi connectivity index (χ1v) is 7.28. The molecular formula is C16H15BrFNO3. The Labute approximate surface area is 136 Å². The zero-order valence-electron chi connectivity index (χ0n) is 12.2. The number of halogens is 2. The minimum atomic E-state index is -0.360. The maximum absolute atomic E-state index is 13.2. The van der Waals surface area contributed by atoms with Gasteiger partial charge in [0.05, 0.1) is 30.8 Å². The van der Waals surface area contributed by atoms with Crippen molar-refractivity contribution in [2.75, 3.05) is 19.5 Å². The lowest BCUT2D eigenvalue weighted by molar-refractivity contribution is -0.115. The summed E-state index contributed by atoms with van der Waals surface area (Å²) < 4.78 is 23.8. The number of nitrogens with one attached hydrogen (secondary N) is 1. The predicted octanol–water partition coefficient (Wildman–Crippen LogP) is 3.79. The van der Waals surface area contributed by atoms with Crippen LogP contribution < -0.4 is 14.8 Å². The van der Waals surface area contributed by atoms with Crippen molar-refractivity contribution in [2.45, 2.75) is 6.42 Å². The first-order valence-electron chi connectivity index (χ1n) is 6.49. The highest BCUT2D eigenvalue weighted by atomic mass is 79.9. The summed E-state index contributed by atoms with van der Waals surface area (Å²) >= 11 is 3.10. The molecule has 0 radical (unpaired) electrons. The molecular weight excluding hydrogens is 353 g/mol. The van der Waals surface area contributed by atoms with Crippen molar-refractivity contribution in [2.24, 2.45) is 0 Å². The molecule has 1 N–H and O–H groups in total. The molecule has 2 aromatic carbocycles. The third-order valence-electron chi connectivity index (χ3n) is 3.03. The average molecular weight is 368 g/mol. The van der Waals surface area contributed by atoms with E-state index in [9.17, 15) is 9.18 Å². The van der Waals surface area contributed by atoms with Gasteiger partial charge < -0.3 is 14.8 Å². The van der Waals surface area contributed by atoms with Crippen molar-refractivity contribution < 1.29 is 18.7 Å². The standard InChI is InChI=1S/C16H15BrFNO3/c1-21-11-4-6-14(15(9-11)22-2)19-16(20)8-10-3-5-13(18)12(17)7-10/h3-7,9H,8H2,1-2H3,(H,19,20). The Morgan fingerprint density at radius 2 is 1.95 bits per heavy atom. The van der Waals surface area contributed by atoms with E-state index in [0.29, 0.717) is 27.2 Å². The number of benzene rings is 2. The molecule has 0 aliphatic carbocycles. The second kappa shape index (κ2) is 7.26. The smallest absolute Gasteiger partial charge is 0.228 e. The Morgan fingerprint density at radius 1 is 1.18 bits per heavy atom. The van der Waals surface area contributed by atoms with Crippen molar-refractivity contribution in [1.29, 1.82) is 0 Å². The van der Waals surface area contributed by atoms with Gasteiger partial charge in [0.1, 0.15) is 17.3 Å². The fourth-order valence-corrected chi connectivity index (χ4v) is 2.36. The van der Waals surface area contributed by atoms with Crippen LogP contribution in [0.15, 0.2) is 40.9 Å². The van der Waals surface area contributed by atoms with E-state index in [1.54, 1.807) is 37.4 Å². The maximum atomic E-state index is 13.2. The summed E-state index contributed by atoms with van der Waals surface area (Å²) in [4.78, 5) is 12.1. The van der Waals surface area contributed by atoms with Crippen molar-refractivity contribution >= 4 is 27.5 Å². The third kappa shape index (κ3) is 3.98. The molecule has 0 unspecified atom stereocenters. The van der Waals surface area contributed by atoms with Gasteiger partial charge in [0.15, 0.2) is 0 Å². The number of rotatable bonds is 5. The highest BCUT2D eigenvalue weighted by Gasteiger charge is 2.10. The van der Waals surface area contributed by atoms with Gasteiger partial charge >= 0.3 is 0 Å². The van der Waals surface area contributed by atoms with E-state index < -0.39 is 0 Å². The Kier molecular flexibility index (Phi) is 5.38. The molecule has 0 atom stereocenters. The predicted molar refractivity (Wildman–Crippen MR) is 86.0 cm³/mol. The number of hydrogen-bond donors (Lipinski definition) is 1. The van der Waals surface area contributed by atoms with Crippen LogP contribution in [0.25, 0.3) is 0 Å². The summed E-state index contributed by atoms with van der Waals surface area (Å²) in [6.07, 6.45) is 0.133. The van der Waals surface area contributed by atoms with Gasteiger partial charge in [-0.05, 0) is 45.8 Å². The monoisotopic (exact) mass is 367 g/mol. The SMILES string of the molecule is COc1ccc(NC(=O)Cc2ccc(F)c(Br)c2)c(OC)c1. The molecule has 2 aromatic rings. The number of carbonyl (C=O) groups is 1. The summed E-state index contributed by atoms with van der Waals surface area (Å²) in [6, 6.07) is 9.60. The largest absolute Gasteiger partial charge is 0.497 e. The van der Waals surface area contributed by atoms with Crippen LogP contribution in [0.5, 0.6) is 11.5 Å². The van der Waals surface area contributed by atoms with Crippen molar-refractivity contribution in [1.82, 2.24) is 0 Å². The third-order valence-corrected chi connectivity index (χ3v) is 3.64. The number of carbonyl (C=O) groups excluding carboxylic acids is 1. The summed E-state index contributed by atoms with van der Waals surface area (Å²) in [6.45, 7) is 0. The van der Waals surface area contributed by atoms with E-state index in [1.165, 1.54) is 13.2 Å². The molecule has 0 saturated heterocycles. The van der Waals surface area contributed by atoms with Crippen LogP contribution in [0.3, 0.4) is 0 Å². The number of amides is 1. The van der Waals surface area contributed by atoms with E-state index in [0.717, 1.165) is 0 Å². The fraction of sp³-hybridized carbons (Fsp3) is 0.188. The highest BCUT2D eigenvalue weighted by Crippen LogP contribution is 2.29. The summed E-state index contributed by atoms with van der Waals surface area (Å²) in [5, 5.41) is 2.77. The van der Waals surface area contributed by atoms with Gasteiger partial charge in [-0.3, -0.25) is 4.79 Å². The lowest BCUT2D eigenvalue weighted by atomic mass is 10.1. The highest BCUT2D eigenvalue weighted by molar-refractivity contribution is 9.10. The first kappa shape index (κ1) is 16.3.